The van der Waals surface area contributed by atoms with Crippen LogP contribution in [0.1, 0.15) is 12.5 Å². The first-order valence-corrected chi connectivity index (χ1v) is 11.7. The third kappa shape index (κ3) is 4.46. The molecule has 3 aromatic rings. The van der Waals surface area contributed by atoms with Gasteiger partial charge in [0.25, 0.3) is 0 Å². The van der Waals surface area contributed by atoms with Crippen molar-refractivity contribution in [3.63, 3.8) is 0 Å². The van der Waals surface area contributed by atoms with Crippen LogP contribution in [-0.2, 0) is 27.6 Å². The zero-order chi connectivity index (χ0) is 21.0. The van der Waals surface area contributed by atoms with Gasteiger partial charge in [-0.2, -0.15) is 5.10 Å². The highest BCUT2D eigenvalue weighted by Gasteiger charge is 2.29. The maximum Gasteiger partial charge on any atom is 0.246 e. The Hall–Kier alpha value is -2.78. The molecule has 7 nitrogen and oxygen atoms in total. The summed E-state index contributed by atoms with van der Waals surface area (Å²) in [6.45, 7) is 1.86. The molecular weight excluding hydrogens is 408 g/mol. The number of aryl methyl sites for hydroxylation is 1. The number of nitrogens with one attached hydrogen (secondary N) is 1. The molecule has 0 saturated heterocycles. The van der Waals surface area contributed by atoms with Gasteiger partial charge in [0.1, 0.15) is 22.3 Å². The summed E-state index contributed by atoms with van der Waals surface area (Å²) in [5.41, 5.74) is 7.93. The molecule has 0 radical (unpaired) electrons. The van der Waals surface area contributed by atoms with E-state index >= 15 is 0 Å². The number of hydrogen-bond donors (Lipinski definition) is 2. The number of anilines is 2. The average Bonchev–Trinajstić information content (AvgIpc) is 3.05. The number of nitrogens with zero attached hydrogens (tertiary/aromatic N) is 2. The lowest BCUT2D eigenvalue weighted by Gasteiger charge is -2.08. The molecule has 0 aliphatic heterocycles. The van der Waals surface area contributed by atoms with Crippen LogP contribution in [0.3, 0.4) is 0 Å². The summed E-state index contributed by atoms with van der Waals surface area (Å²) in [6.07, 6.45) is 2.62. The van der Waals surface area contributed by atoms with E-state index in [-0.39, 0.29) is 33.1 Å². The minimum atomic E-state index is -3.85. The Morgan fingerprint density at radius 3 is 2.38 bits per heavy atom. The second-order valence-corrected chi connectivity index (χ2v) is 8.98. The topological polar surface area (TPSA) is 107 Å². The van der Waals surface area contributed by atoms with Gasteiger partial charge in [0.15, 0.2) is 0 Å². The summed E-state index contributed by atoms with van der Waals surface area (Å²) in [5, 5.41) is 7.27. The van der Waals surface area contributed by atoms with Crippen LogP contribution >= 0.6 is 11.8 Å². The van der Waals surface area contributed by atoms with Crippen LogP contribution in [0.2, 0.25) is 0 Å². The van der Waals surface area contributed by atoms with E-state index in [0.29, 0.717) is 5.69 Å². The summed E-state index contributed by atoms with van der Waals surface area (Å²) in [5.74, 6) is -0.408. The molecule has 2 aromatic carbocycles. The van der Waals surface area contributed by atoms with Crippen molar-refractivity contribution < 1.29 is 13.2 Å². The molecule has 152 valence electrons. The first-order valence-electron chi connectivity index (χ1n) is 8.96. The number of benzene rings is 2. The van der Waals surface area contributed by atoms with E-state index in [9.17, 15) is 13.2 Å². The molecule has 0 aliphatic rings. The highest BCUT2D eigenvalue weighted by atomic mass is 32.2. The van der Waals surface area contributed by atoms with Crippen molar-refractivity contribution in [2.45, 2.75) is 34.7 Å². The second kappa shape index (κ2) is 8.71. The Morgan fingerprint density at radius 1 is 1.14 bits per heavy atom. The maximum atomic E-state index is 13.0. The minimum Gasteiger partial charge on any atom is -0.383 e. The van der Waals surface area contributed by atoms with Crippen molar-refractivity contribution in [1.29, 1.82) is 0 Å². The van der Waals surface area contributed by atoms with E-state index in [1.807, 2.05) is 24.3 Å². The lowest BCUT2D eigenvalue weighted by molar-refractivity contribution is -0.116. The van der Waals surface area contributed by atoms with Crippen molar-refractivity contribution in [1.82, 2.24) is 9.78 Å². The number of carbonyl (C=O) groups is 1. The number of hydrogen-bond acceptors (Lipinski definition) is 6. The molecule has 1 heterocycles. The Labute approximate surface area is 174 Å². The monoisotopic (exact) mass is 430 g/mol. The highest BCUT2D eigenvalue weighted by Crippen LogP contribution is 2.33. The molecule has 0 fully saturated rings. The molecule has 9 heteroatoms. The number of thioether (sulfide) groups is 1. The maximum absolute atomic E-state index is 13.0. The van der Waals surface area contributed by atoms with E-state index in [0.717, 1.165) is 18.2 Å². The van der Waals surface area contributed by atoms with Gasteiger partial charge < -0.3 is 11.1 Å². The minimum absolute atomic E-state index is 0.0605. The Morgan fingerprint density at radius 2 is 1.79 bits per heavy atom. The van der Waals surface area contributed by atoms with E-state index < -0.39 is 9.84 Å². The second-order valence-electron chi connectivity index (χ2n) is 6.30. The molecule has 0 bridgehead atoms. The molecule has 3 rings (SSSR count). The summed E-state index contributed by atoms with van der Waals surface area (Å²) >= 11 is 1.16. The number of aromatic nitrogens is 2. The number of nitrogens with two attached hydrogens (primary N) is 1. The van der Waals surface area contributed by atoms with Crippen molar-refractivity contribution in [3.05, 3.63) is 60.2 Å². The van der Waals surface area contributed by atoms with Gasteiger partial charge in [0, 0.05) is 5.69 Å². The quantitative estimate of drug-likeness (QED) is 0.557. The van der Waals surface area contributed by atoms with E-state index in [1.165, 1.54) is 22.4 Å². The fourth-order valence-corrected chi connectivity index (χ4v) is 5.27. The van der Waals surface area contributed by atoms with Crippen LogP contribution in [0, 0.1) is 0 Å². The molecule has 3 N–H and O–H groups in total. The van der Waals surface area contributed by atoms with Gasteiger partial charge in [-0.25, -0.2) is 13.1 Å². The molecule has 0 aliphatic carbocycles. The molecule has 29 heavy (non-hydrogen) atoms. The van der Waals surface area contributed by atoms with E-state index in [1.54, 1.807) is 24.5 Å². The van der Waals surface area contributed by atoms with Crippen molar-refractivity contribution in [2.75, 3.05) is 17.3 Å². The number of sulfone groups is 1. The number of rotatable bonds is 7. The normalized spacial score (nSPS) is 11.4. The average molecular weight is 431 g/mol. The molecule has 1 amide bonds. The van der Waals surface area contributed by atoms with E-state index in [2.05, 4.69) is 17.3 Å². The summed E-state index contributed by atoms with van der Waals surface area (Å²) in [6, 6.07) is 15.5. The molecule has 0 atom stereocenters. The molecule has 0 unspecified atom stereocenters. The summed E-state index contributed by atoms with van der Waals surface area (Å²) < 4.78 is 27.3. The summed E-state index contributed by atoms with van der Waals surface area (Å²) in [4.78, 5) is 12.5. The van der Waals surface area contributed by atoms with Crippen LogP contribution in [0.4, 0.5) is 11.5 Å². The number of nitrogen functional groups attached to an aromatic ring is 1. The zero-order valence-electron chi connectivity index (χ0n) is 16.1. The highest BCUT2D eigenvalue weighted by molar-refractivity contribution is 7.99. The molecule has 0 saturated carbocycles. The Balaban J connectivity index is 1.86. The number of amides is 1. The fourth-order valence-electron chi connectivity index (χ4n) is 2.82. The van der Waals surface area contributed by atoms with Gasteiger partial charge in [-0.1, -0.05) is 37.3 Å². The summed E-state index contributed by atoms with van der Waals surface area (Å²) in [7, 11) is -3.85. The predicted octanol–water partition coefficient (Wildman–Crippen LogP) is 3.22. The van der Waals surface area contributed by atoms with Gasteiger partial charge in [0.05, 0.1) is 4.90 Å². The standard InChI is InChI=1S/C20H22N4O3S2/c1-3-14-9-11-15(12-10-14)22-17(25)13-24-19(21)18(20(23-24)28-2)29(26,27)16-7-5-4-6-8-16/h4-12H,3,13,21H2,1-2H3,(H,22,25). The van der Waals surface area contributed by atoms with Crippen molar-refractivity contribution >= 4 is 39.0 Å². The lowest BCUT2D eigenvalue weighted by Crippen LogP contribution is -2.21. The van der Waals surface area contributed by atoms with Crippen molar-refractivity contribution in [3.8, 4) is 0 Å². The van der Waals surface area contributed by atoms with Crippen molar-refractivity contribution in [2.24, 2.45) is 0 Å². The van der Waals surface area contributed by atoms with Gasteiger partial charge >= 0.3 is 0 Å². The van der Waals surface area contributed by atoms with Gasteiger partial charge in [0.2, 0.25) is 15.7 Å². The third-order valence-corrected chi connectivity index (χ3v) is 7.01. The molecule has 0 spiro atoms. The Bertz CT molecular complexity index is 1110. The van der Waals surface area contributed by atoms with Crippen LogP contribution in [0.25, 0.3) is 0 Å². The van der Waals surface area contributed by atoms with Crippen LogP contribution in [-0.4, -0.2) is 30.4 Å². The first kappa shape index (κ1) is 20.9. The smallest absolute Gasteiger partial charge is 0.246 e. The van der Waals surface area contributed by atoms with Crippen LogP contribution < -0.4 is 11.1 Å². The zero-order valence-corrected chi connectivity index (χ0v) is 17.8. The third-order valence-electron chi connectivity index (χ3n) is 4.37. The lowest BCUT2D eigenvalue weighted by atomic mass is 10.1. The predicted molar refractivity (Wildman–Crippen MR) is 115 cm³/mol. The van der Waals surface area contributed by atoms with E-state index in [4.69, 9.17) is 5.73 Å². The fraction of sp³-hybridized carbons (Fsp3) is 0.200. The SMILES string of the molecule is CCc1ccc(NC(=O)Cn2nc(SC)c(S(=O)(=O)c3ccccc3)c2N)cc1. The van der Waals surface area contributed by atoms with Gasteiger partial charge in [-0.15, -0.1) is 11.8 Å². The van der Waals surface area contributed by atoms with Gasteiger partial charge in [-0.05, 0) is 42.5 Å². The first-order chi connectivity index (χ1) is 13.9. The van der Waals surface area contributed by atoms with Crippen LogP contribution in [0.15, 0.2) is 69.4 Å². The van der Waals surface area contributed by atoms with Crippen LogP contribution in [0.5, 0.6) is 0 Å². The molecule has 1 aromatic heterocycles. The Kier molecular flexibility index (Phi) is 6.29. The largest absolute Gasteiger partial charge is 0.383 e. The number of carbonyl (C=O) groups excluding carboxylic acids is 1. The molecular formula is C20H22N4O3S2. The van der Waals surface area contributed by atoms with Gasteiger partial charge in [-0.3, -0.25) is 4.79 Å².